The van der Waals surface area contributed by atoms with E-state index in [1.807, 2.05) is 19.1 Å². The third-order valence-electron chi connectivity index (χ3n) is 3.06. The van der Waals surface area contributed by atoms with Crippen LogP contribution in [0.5, 0.6) is 0 Å². The van der Waals surface area contributed by atoms with Crippen molar-refractivity contribution in [2.75, 3.05) is 11.4 Å². The van der Waals surface area contributed by atoms with Gasteiger partial charge in [0.2, 0.25) is 0 Å². The molecule has 0 aliphatic rings. The van der Waals surface area contributed by atoms with E-state index in [1.165, 1.54) is 17.2 Å². The Bertz CT molecular complexity index is 787. The molecular formula is C16H11ClN4O. The maximum Gasteiger partial charge on any atom is 0.276 e. The molecule has 1 aromatic carbocycles. The number of pyridine rings is 1. The molecule has 0 saturated carbocycles. The van der Waals surface area contributed by atoms with Crippen LogP contribution >= 0.6 is 11.6 Å². The summed E-state index contributed by atoms with van der Waals surface area (Å²) < 4.78 is 0. The fourth-order valence-corrected chi connectivity index (χ4v) is 2.15. The smallest absolute Gasteiger partial charge is 0.276 e. The summed E-state index contributed by atoms with van der Waals surface area (Å²) in [6, 6.07) is 11.8. The maximum atomic E-state index is 12.5. The molecule has 2 aromatic rings. The molecule has 22 heavy (non-hydrogen) atoms. The number of carbonyl (C=O) groups is 1. The second-order valence-corrected chi connectivity index (χ2v) is 4.78. The van der Waals surface area contributed by atoms with Gasteiger partial charge < -0.3 is 4.90 Å². The van der Waals surface area contributed by atoms with Gasteiger partial charge in [0.1, 0.15) is 17.8 Å². The van der Waals surface area contributed by atoms with E-state index in [4.69, 9.17) is 22.1 Å². The Hall–Kier alpha value is -2.89. The summed E-state index contributed by atoms with van der Waals surface area (Å²) in [5.74, 6) is -0.298. The van der Waals surface area contributed by atoms with Crippen molar-refractivity contribution in [1.82, 2.24) is 4.98 Å². The Morgan fingerprint density at radius 3 is 2.55 bits per heavy atom. The van der Waals surface area contributed by atoms with E-state index >= 15 is 0 Å². The molecule has 0 aliphatic carbocycles. The summed E-state index contributed by atoms with van der Waals surface area (Å²) in [4.78, 5) is 18.0. The molecule has 1 heterocycles. The van der Waals surface area contributed by atoms with E-state index in [1.54, 1.807) is 24.3 Å². The minimum absolute atomic E-state index is 0.237. The molecule has 0 atom stereocenters. The Labute approximate surface area is 133 Å². The fourth-order valence-electron chi connectivity index (χ4n) is 1.93. The quantitative estimate of drug-likeness (QED) is 0.872. The van der Waals surface area contributed by atoms with Crippen LogP contribution in [0, 0.1) is 22.7 Å². The molecule has 0 bridgehead atoms. The topological polar surface area (TPSA) is 80.8 Å². The number of rotatable bonds is 3. The highest BCUT2D eigenvalue weighted by atomic mass is 35.5. The first kappa shape index (κ1) is 15.5. The highest BCUT2D eigenvalue weighted by Gasteiger charge is 2.18. The summed E-state index contributed by atoms with van der Waals surface area (Å²) in [5, 5.41) is 17.9. The molecule has 0 aliphatic heterocycles. The van der Waals surface area contributed by atoms with E-state index in [-0.39, 0.29) is 11.6 Å². The lowest BCUT2D eigenvalue weighted by Crippen LogP contribution is -2.31. The molecule has 0 N–H and O–H groups in total. The van der Waals surface area contributed by atoms with Crippen LogP contribution in [-0.2, 0) is 0 Å². The number of amides is 1. The number of aromatic nitrogens is 1. The van der Waals surface area contributed by atoms with E-state index in [9.17, 15) is 4.79 Å². The zero-order valence-electron chi connectivity index (χ0n) is 11.7. The summed E-state index contributed by atoms with van der Waals surface area (Å²) >= 11 is 6.01. The highest BCUT2D eigenvalue weighted by Crippen LogP contribution is 2.24. The van der Waals surface area contributed by atoms with Crippen LogP contribution < -0.4 is 4.90 Å². The number of nitrogens with zero attached hydrogens (tertiary/aromatic N) is 4. The van der Waals surface area contributed by atoms with Crippen molar-refractivity contribution in [2.45, 2.75) is 6.92 Å². The molecule has 0 unspecified atom stereocenters. The molecule has 1 aromatic heterocycles. The Kier molecular flexibility index (Phi) is 4.73. The normalized spacial score (nSPS) is 9.64. The van der Waals surface area contributed by atoms with Gasteiger partial charge in [0.05, 0.1) is 16.1 Å². The van der Waals surface area contributed by atoms with Gasteiger partial charge >= 0.3 is 0 Å². The van der Waals surface area contributed by atoms with Crippen molar-refractivity contribution in [1.29, 1.82) is 10.5 Å². The minimum Gasteiger partial charge on any atom is -0.307 e. The van der Waals surface area contributed by atoms with Crippen LogP contribution in [0.1, 0.15) is 28.5 Å². The monoisotopic (exact) mass is 310 g/mol. The van der Waals surface area contributed by atoms with Crippen LogP contribution in [-0.4, -0.2) is 17.4 Å². The van der Waals surface area contributed by atoms with E-state index in [0.717, 1.165) is 0 Å². The van der Waals surface area contributed by atoms with Gasteiger partial charge in [-0.25, -0.2) is 4.98 Å². The molecule has 108 valence electrons. The van der Waals surface area contributed by atoms with E-state index in [0.29, 0.717) is 28.4 Å². The van der Waals surface area contributed by atoms with Gasteiger partial charge in [-0.15, -0.1) is 0 Å². The number of nitriles is 2. The lowest BCUT2D eigenvalue weighted by atomic mass is 10.2. The Balaban J connectivity index is 2.35. The summed E-state index contributed by atoms with van der Waals surface area (Å²) in [5.41, 5.74) is 1.57. The summed E-state index contributed by atoms with van der Waals surface area (Å²) in [7, 11) is 0. The van der Waals surface area contributed by atoms with Crippen LogP contribution in [0.3, 0.4) is 0 Å². The third kappa shape index (κ3) is 3.06. The molecule has 0 fully saturated rings. The second-order valence-electron chi connectivity index (χ2n) is 4.37. The number of anilines is 1. The van der Waals surface area contributed by atoms with Gasteiger partial charge in [-0.2, -0.15) is 10.5 Å². The fraction of sp³-hybridized carbons (Fsp3) is 0.125. The van der Waals surface area contributed by atoms with Crippen molar-refractivity contribution in [3.63, 3.8) is 0 Å². The molecule has 2 rings (SSSR count). The number of hydrogen-bond donors (Lipinski definition) is 0. The molecule has 5 nitrogen and oxygen atoms in total. The van der Waals surface area contributed by atoms with Crippen molar-refractivity contribution in [3.8, 4) is 12.1 Å². The lowest BCUT2D eigenvalue weighted by molar-refractivity contribution is 0.0983. The van der Waals surface area contributed by atoms with Gasteiger partial charge in [0, 0.05) is 18.4 Å². The number of benzene rings is 1. The first-order valence-electron chi connectivity index (χ1n) is 6.48. The van der Waals surface area contributed by atoms with Gasteiger partial charge in [-0.1, -0.05) is 11.6 Å². The molecular weight excluding hydrogens is 300 g/mol. The number of halogens is 1. The first-order chi connectivity index (χ1) is 10.6. The van der Waals surface area contributed by atoms with Crippen LogP contribution in [0.4, 0.5) is 5.69 Å². The van der Waals surface area contributed by atoms with Crippen LogP contribution in [0.25, 0.3) is 0 Å². The van der Waals surface area contributed by atoms with Crippen molar-refractivity contribution < 1.29 is 4.79 Å². The van der Waals surface area contributed by atoms with Gasteiger partial charge in [-0.3, -0.25) is 4.79 Å². The van der Waals surface area contributed by atoms with Crippen LogP contribution in [0.15, 0.2) is 36.5 Å². The number of carbonyl (C=O) groups excluding carboxylic acids is 1. The minimum atomic E-state index is -0.298. The van der Waals surface area contributed by atoms with E-state index < -0.39 is 0 Å². The van der Waals surface area contributed by atoms with Gasteiger partial charge in [0.15, 0.2) is 0 Å². The Morgan fingerprint density at radius 2 is 2.05 bits per heavy atom. The molecule has 0 radical (unpaired) electrons. The molecule has 0 saturated heterocycles. The van der Waals surface area contributed by atoms with Gasteiger partial charge in [-0.05, 0) is 37.3 Å². The average Bonchev–Trinajstić information content (AvgIpc) is 2.55. The number of hydrogen-bond acceptors (Lipinski definition) is 4. The predicted octanol–water partition coefficient (Wildman–Crippen LogP) is 3.15. The van der Waals surface area contributed by atoms with Crippen molar-refractivity contribution >= 4 is 23.2 Å². The highest BCUT2D eigenvalue weighted by molar-refractivity contribution is 6.32. The van der Waals surface area contributed by atoms with Gasteiger partial charge in [0.25, 0.3) is 5.91 Å². The van der Waals surface area contributed by atoms with Crippen molar-refractivity contribution in [3.05, 3.63) is 58.4 Å². The average molecular weight is 311 g/mol. The van der Waals surface area contributed by atoms with Crippen LogP contribution in [0.2, 0.25) is 5.02 Å². The third-order valence-corrected chi connectivity index (χ3v) is 3.37. The van der Waals surface area contributed by atoms with E-state index in [2.05, 4.69) is 4.98 Å². The standard InChI is InChI=1S/C16H11ClN4O/c1-2-21(13-5-4-12(9-19)14(17)7-13)16(22)15-6-3-11(8-18)10-20-15/h3-7,10H,2H2,1H3. The molecule has 1 amide bonds. The molecule has 6 heteroatoms. The van der Waals surface area contributed by atoms with Crippen molar-refractivity contribution in [2.24, 2.45) is 0 Å². The SMILES string of the molecule is CCN(C(=O)c1ccc(C#N)cn1)c1ccc(C#N)c(Cl)c1. The summed E-state index contributed by atoms with van der Waals surface area (Å²) in [6.07, 6.45) is 1.35. The zero-order chi connectivity index (χ0) is 16.1. The maximum absolute atomic E-state index is 12.5. The Morgan fingerprint density at radius 1 is 1.27 bits per heavy atom. The lowest BCUT2D eigenvalue weighted by Gasteiger charge is -2.21. The second kappa shape index (κ2) is 6.71. The molecule has 0 spiro atoms. The predicted molar refractivity (Wildman–Crippen MR) is 82.5 cm³/mol. The zero-order valence-corrected chi connectivity index (χ0v) is 12.5. The largest absolute Gasteiger partial charge is 0.307 e. The first-order valence-corrected chi connectivity index (χ1v) is 6.86. The summed E-state index contributed by atoms with van der Waals surface area (Å²) in [6.45, 7) is 2.25.